The molecule has 57 heavy (non-hydrogen) atoms. The Kier molecular flexibility index (Phi) is 6.35. The van der Waals surface area contributed by atoms with Gasteiger partial charge in [0.2, 0.25) is 0 Å². The fourth-order valence-corrected chi connectivity index (χ4v) is 10.5. The summed E-state index contributed by atoms with van der Waals surface area (Å²) in [7, 11) is 0. The summed E-state index contributed by atoms with van der Waals surface area (Å²) in [5.74, 6) is 0. The molecule has 264 valence electrons. The summed E-state index contributed by atoms with van der Waals surface area (Å²) in [6.07, 6.45) is 0. The van der Waals surface area contributed by atoms with Crippen molar-refractivity contribution in [3.63, 3.8) is 0 Å². The van der Waals surface area contributed by atoms with E-state index in [0.717, 1.165) is 54.6 Å². The van der Waals surface area contributed by atoms with Crippen LogP contribution in [0.3, 0.4) is 0 Å². The second-order valence-corrected chi connectivity index (χ2v) is 16.2. The molecule has 0 atom stereocenters. The molecule has 3 aromatic heterocycles. The van der Waals surface area contributed by atoms with Gasteiger partial charge in [-0.05, 0) is 119 Å². The lowest BCUT2D eigenvalue weighted by atomic mass is 9.84. The molecule has 0 aliphatic carbocycles. The van der Waals surface area contributed by atoms with Gasteiger partial charge in [-0.15, -0.1) is 11.3 Å². The molecule has 3 heteroatoms. The van der Waals surface area contributed by atoms with Gasteiger partial charge >= 0.3 is 0 Å². The Hall–Kier alpha value is -7.20. The van der Waals surface area contributed by atoms with Gasteiger partial charge in [-0.1, -0.05) is 133 Å². The molecular weight excluding hydrogens is 713 g/mol. The number of hydrogen-bond donors (Lipinski definition) is 0. The monoisotopic (exact) mass is 742 g/mol. The van der Waals surface area contributed by atoms with Crippen LogP contribution in [0.1, 0.15) is 0 Å². The number of fused-ring (bicyclic) bond motifs is 12. The van der Waals surface area contributed by atoms with Crippen LogP contribution in [0.15, 0.2) is 191 Å². The molecule has 0 fully saturated rings. The average Bonchev–Trinajstić information content (AvgIpc) is 3.97. The van der Waals surface area contributed by atoms with Gasteiger partial charge in [-0.3, -0.25) is 0 Å². The third-order valence-electron chi connectivity index (χ3n) is 12.0. The van der Waals surface area contributed by atoms with E-state index in [2.05, 4.69) is 176 Å². The molecule has 0 saturated heterocycles. The summed E-state index contributed by atoms with van der Waals surface area (Å²) in [5, 5.41) is 15.5. The number of hydrogen-bond acceptors (Lipinski definition) is 3. The zero-order valence-electron chi connectivity index (χ0n) is 30.5. The number of benzene rings is 10. The molecule has 0 bridgehead atoms. The highest BCUT2D eigenvalue weighted by Crippen LogP contribution is 2.48. The lowest BCUT2D eigenvalue weighted by Crippen LogP contribution is -1.91. The molecule has 0 aliphatic rings. The largest absolute Gasteiger partial charge is 0.456 e. The van der Waals surface area contributed by atoms with Gasteiger partial charge in [0, 0.05) is 36.5 Å². The van der Waals surface area contributed by atoms with E-state index in [1.807, 2.05) is 17.4 Å². The highest BCUT2D eigenvalue weighted by atomic mass is 32.1. The number of furan rings is 2. The highest BCUT2D eigenvalue weighted by Gasteiger charge is 2.22. The lowest BCUT2D eigenvalue weighted by Gasteiger charge is -2.18. The van der Waals surface area contributed by atoms with Crippen LogP contribution < -0.4 is 0 Å². The van der Waals surface area contributed by atoms with Gasteiger partial charge in [-0.2, -0.15) is 0 Å². The predicted molar refractivity (Wildman–Crippen MR) is 243 cm³/mol. The van der Waals surface area contributed by atoms with Gasteiger partial charge in [0.05, 0.1) is 0 Å². The normalized spacial score (nSPS) is 12.2. The summed E-state index contributed by atoms with van der Waals surface area (Å²) in [6.45, 7) is 0. The van der Waals surface area contributed by atoms with Crippen molar-refractivity contribution in [1.29, 1.82) is 0 Å². The molecule has 2 nitrogen and oxygen atoms in total. The van der Waals surface area contributed by atoms with E-state index in [1.165, 1.54) is 75.1 Å². The molecule has 0 N–H and O–H groups in total. The summed E-state index contributed by atoms with van der Waals surface area (Å²) in [4.78, 5) is 1.26. The maximum atomic E-state index is 6.71. The SMILES string of the molecule is c1ccc2cc(-c3cc4cc5c(cc4s3)oc3cccc(-c4c6ccccc6c(-c6ccc7ccc8c9ccccc9oc8c7c6)c6ccccc46)c35)ccc2c1. The molecule has 0 amide bonds. The average molecular weight is 743 g/mol. The number of para-hydroxylation sites is 1. The summed E-state index contributed by atoms with van der Waals surface area (Å²) in [5.41, 5.74) is 9.70. The maximum Gasteiger partial charge on any atom is 0.143 e. The van der Waals surface area contributed by atoms with Crippen LogP contribution >= 0.6 is 11.3 Å². The minimum absolute atomic E-state index is 0.900. The van der Waals surface area contributed by atoms with Gasteiger partial charge < -0.3 is 8.83 Å². The molecule has 3 heterocycles. The molecule has 0 aliphatic heterocycles. The first-order chi connectivity index (χ1) is 28.2. The number of rotatable bonds is 3. The number of thiophene rings is 1. The van der Waals surface area contributed by atoms with Crippen molar-refractivity contribution >= 4 is 108 Å². The van der Waals surface area contributed by atoms with Gasteiger partial charge in [0.15, 0.2) is 0 Å². The second-order valence-electron chi connectivity index (χ2n) is 15.2. The van der Waals surface area contributed by atoms with Crippen LogP contribution in [0.5, 0.6) is 0 Å². The maximum absolute atomic E-state index is 6.71. The quantitative estimate of drug-likeness (QED) is 0.169. The van der Waals surface area contributed by atoms with Crippen LogP contribution in [0.4, 0.5) is 0 Å². The Morgan fingerprint density at radius 2 is 1.00 bits per heavy atom. The molecule has 13 rings (SSSR count). The van der Waals surface area contributed by atoms with E-state index < -0.39 is 0 Å². The molecule has 0 radical (unpaired) electrons. The third-order valence-corrected chi connectivity index (χ3v) is 13.2. The first-order valence-electron chi connectivity index (χ1n) is 19.4. The molecular formula is C54H30O2S. The van der Waals surface area contributed by atoms with Crippen molar-refractivity contribution in [2.75, 3.05) is 0 Å². The Labute approximate surface area is 330 Å². The van der Waals surface area contributed by atoms with Crippen LogP contribution in [-0.2, 0) is 0 Å². The molecule has 13 aromatic rings. The molecule has 0 saturated carbocycles. The van der Waals surface area contributed by atoms with Gasteiger partial charge in [0.25, 0.3) is 0 Å². The minimum atomic E-state index is 0.900. The van der Waals surface area contributed by atoms with Crippen LogP contribution in [0.25, 0.3) is 130 Å². The second kappa shape index (κ2) is 11.7. The van der Waals surface area contributed by atoms with E-state index in [0.29, 0.717) is 0 Å². The standard InChI is InChI=1S/C54H30O2S/c1-2-11-33-26-34(22-20-31(33)10-1)49-29-36-28-45-48(30-50(36)57-49)55-47-19-9-17-43(53(45)47)52-40-15-5-3-13-38(40)51(39-14-4-6-16-41(39)52)35-23-21-32-24-25-42-37-12-7-8-18-46(37)56-54(42)44(32)27-35/h1-30H. The van der Waals surface area contributed by atoms with Crippen molar-refractivity contribution in [1.82, 2.24) is 0 Å². The van der Waals surface area contributed by atoms with E-state index >= 15 is 0 Å². The van der Waals surface area contributed by atoms with E-state index in [-0.39, 0.29) is 0 Å². The Balaban J connectivity index is 1.05. The smallest absolute Gasteiger partial charge is 0.143 e. The molecule has 0 unspecified atom stereocenters. The van der Waals surface area contributed by atoms with Crippen LogP contribution in [0.2, 0.25) is 0 Å². The van der Waals surface area contributed by atoms with Crippen molar-refractivity contribution in [2.45, 2.75) is 0 Å². The Morgan fingerprint density at radius 3 is 1.82 bits per heavy atom. The van der Waals surface area contributed by atoms with Crippen molar-refractivity contribution in [3.05, 3.63) is 182 Å². The van der Waals surface area contributed by atoms with E-state index in [9.17, 15) is 0 Å². The van der Waals surface area contributed by atoms with Crippen molar-refractivity contribution in [3.8, 4) is 32.7 Å². The fraction of sp³-hybridized carbons (Fsp3) is 0. The minimum Gasteiger partial charge on any atom is -0.456 e. The first-order valence-corrected chi connectivity index (χ1v) is 20.2. The first kappa shape index (κ1) is 31.1. The van der Waals surface area contributed by atoms with E-state index in [1.54, 1.807) is 0 Å². The third kappa shape index (κ3) is 4.52. The van der Waals surface area contributed by atoms with Crippen molar-refractivity contribution in [2.24, 2.45) is 0 Å². The predicted octanol–water partition coefficient (Wildman–Crippen LogP) is 16.3. The molecule has 10 aromatic carbocycles. The Bertz CT molecular complexity index is 3760. The fourth-order valence-electron chi connectivity index (χ4n) is 9.44. The molecule has 0 spiro atoms. The van der Waals surface area contributed by atoms with Gasteiger partial charge in [-0.25, -0.2) is 0 Å². The highest BCUT2D eigenvalue weighted by molar-refractivity contribution is 7.22. The van der Waals surface area contributed by atoms with Crippen LogP contribution in [0, 0.1) is 0 Å². The van der Waals surface area contributed by atoms with E-state index in [4.69, 9.17) is 8.83 Å². The zero-order valence-corrected chi connectivity index (χ0v) is 31.4. The lowest BCUT2D eigenvalue weighted by molar-refractivity contribution is 0.669. The Morgan fingerprint density at radius 1 is 0.333 bits per heavy atom. The van der Waals surface area contributed by atoms with Gasteiger partial charge in [0.1, 0.15) is 22.3 Å². The van der Waals surface area contributed by atoms with Crippen molar-refractivity contribution < 1.29 is 8.83 Å². The topological polar surface area (TPSA) is 26.3 Å². The zero-order chi connectivity index (χ0) is 37.2. The van der Waals surface area contributed by atoms with Crippen LogP contribution in [-0.4, -0.2) is 0 Å². The summed E-state index contributed by atoms with van der Waals surface area (Å²) >= 11 is 1.82. The summed E-state index contributed by atoms with van der Waals surface area (Å²) < 4.78 is 14.5. The summed E-state index contributed by atoms with van der Waals surface area (Å²) in [6, 6.07) is 66.1.